The second-order valence-electron chi connectivity index (χ2n) is 5.73. The molecule has 0 heterocycles. The first-order chi connectivity index (χ1) is 8.50. The van der Waals surface area contributed by atoms with Gasteiger partial charge in [-0.05, 0) is 39.8 Å². The van der Waals surface area contributed by atoms with Crippen molar-refractivity contribution in [1.29, 1.82) is 0 Å². The lowest BCUT2D eigenvalue weighted by atomic mass is 9.75. The van der Waals surface area contributed by atoms with Crippen LogP contribution in [-0.4, -0.2) is 50.2 Å². The van der Waals surface area contributed by atoms with Crippen molar-refractivity contribution >= 4 is 5.91 Å². The molecule has 106 valence electrons. The monoisotopic (exact) mass is 256 g/mol. The van der Waals surface area contributed by atoms with Crippen LogP contribution >= 0.6 is 0 Å². The number of ether oxygens (including phenoxy) is 1. The minimum atomic E-state index is -0.00342. The van der Waals surface area contributed by atoms with E-state index in [0.29, 0.717) is 6.61 Å². The van der Waals surface area contributed by atoms with Crippen LogP contribution in [0.3, 0.4) is 0 Å². The number of nitrogens with one attached hydrogen (secondary N) is 1. The Balaban J connectivity index is 2.50. The van der Waals surface area contributed by atoms with Crippen molar-refractivity contribution in [2.45, 2.75) is 45.1 Å². The fraction of sp³-hybridized carbons (Fsp3) is 0.929. The Morgan fingerprint density at radius 2 is 2.22 bits per heavy atom. The first-order valence-electron chi connectivity index (χ1n) is 7.02. The minimum absolute atomic E-state index is 0.00342. The van der Waals surface area contributed by atoms with E-state index >= 15 is 0 Å². The maximum Gasteiger partial charge on any atom is 0.246 e. The van der Waals surface area contributed by atoms with Crippen LogP contribution in [0.5, 0.6) is 0 Å². The molecule has 1 fully saturated rings. The zero-order valence-corrected chi connectivity index (χ0v) is 12.3. The van der Waals surface area contributed by atoms with E-state index in [1.807, 2.05) is 6.92 Å². The second-order valence-corrected chi connectivity index (χ2v) is 5.73. The summed E-state index contributed by atoms with van der Waals surface area (Å²) in [5.74, 6) is 0.737. The molecule has 0 aromatic carbocycles. The van der Waals surface area contributed by atoms with E-state index in [1.165, 1.54) is 19.3 Å². The van der Waals surface area contributed by atoms with Crippen LogP contribution in [-0.2, 0) is 9.53 Å². The van der Waals surface area contributed by atoms with Crippen LogP contribution in [0.15, 0.2) is 0 Å². The summed E-state index contributed by atoms with van der Waals surface area (Å²) in [6.45, 7) is 5.70. The molecular formula is C14H28N2O2. The van der Waals surface area contributed by atoms with Gasteiger partial charge < -0.3 is 15.0 Å². The van der Waals surface area contributed by atoms with Crippen LogP contribution in [0.4, 0.5) is 0 Å². The maximum atomic E-state index is 11.6. The average molecular weight is 256 g/mol. The van der Waals surface area contributed by atoms with E-state index < -0.39 is 0 Å². The van der Waals surface area contributed by atoms with Gasteiger partial charge in [0.2, 0.25) is 5.91 Å². The van der Waals surface area contributed by atoms with Gasteiger partial charge in [-0.3, -0.25) is 4.79 Å². The third kappa shape index (κ3) is 4.25. The number of hydrogen-bond donors (Lipinski definition) is 1. The molecule has 0 radical (unpaired) electrons. The van der Waals surface area contributed by atoms with Crippen molar-refractivity contribution in [3.05, 3.63) is 0 Å². The number of amides is 1. The van der Waals surface area contributed by atoms with Gasteiger partial charge in [-0.1, -0.05) is 19.8 Å². The summed E-state index contributed by atoms with van der Waals surface area (Å²) >= 11 is 0. The highest BCUT2D eigenvalue weighted by atomic mass is 16.5. The number of carbonyl (C=O) groups excluding carboxylic acids is 1. The summed E-state index contributed by atoms with van der Waals surface area (Å²) in [4.78, 5) is 13.9. The number of rotatable bonds is 6. The molecule has 0 saturated heterocycles. The van der Waals surface area contributed by atoms with Crippen LogP contribution in [0.1, 0.15) is 39.5 Å². The Kier molecular flexibility index (Phi) is 6.09. The molecular weight excluding hydrogens is 228 g/mol. The van der Waals surface area contributed by atoms with E-state index in [0.717, 1.165) is 18.9 Å². The summed E-state index contributed by atoms with van der Waals surface area (Å²) in [6, 6.07) is 0. The molecule has 0 spiro atoms. The molecule has 0 bridgehead atoms. The van der Waals surface area contributed by atoms with Crippen molar-refractivity contribution < 1.29 is 9.53 Å². The zero-order chi connectivity index (χ0) is 13.6. The summed E-state index contributed by atoms with van der Waals surface area (Å²) in [5, 5.41) is 3.02. The highest BCUT2D eigenvalue weighted by Gasteiger charge is 2.37. The Bertz CT molecular complexity index is 269. The van der Waals surface area contributed by atoms with E-state index in [9.17, 15) is 4.79 Å². The largest absolute Gasteiger partial charge is 0.372 e. The molecule has 0 aromatic rings. The minimum Gasteiger partial charge on any atom is -0.372 e. The Morgan fingerprint density at radius 1 is 1.50 bits per heavy atom. The molecule has 1 N–H and O–H groups in total. The summed E-state index contributed by atoms with van der Waals surface area (Å²) in [5.41, 5.74) is 0.125. The molecule has 0 aliphatic heterocycles. The fourth-order valence-corrected chi connectivity index (χ4v) is 2.87. The topological polar surface area (TPSA) is 41.6 Å². The van der Waals surface area contributed by atoms with Gasteiger partial charge in [-0.15, -0.1) is 0 Å². The van der Waals surface area contributed by atoms with Crippen LogP contribution in [0, 0.1) is 5.92 Å². The maximum absolute atomic E-state index is 11.6. The average Bonchev–Trinajstić information content (AvgIpc) is 2.33. The SMILES string of the molecule is CCOCC(=O)NCC1(N(C)C)CCCC(C)C1. The van der Waals surface area contributed by atoms with Crippen molar-refractivity contribution in [2.75, 3.05) is 33.9 Å². The third-order valence-corrected chi connectivity index (χ3v) is 4.07. The lowest BCUT2D eigenvalue weighted by Crippen LogP contribution is -2.55. The zero-order valence-electron chi connectivity index (χ0n) is 12.3. The van der Waals surface area contributed by atoms with Gasteiger partial charge in [0, 0.05) is 18.7 Å². The van der Waals surface area contributed by atoms with Crippen LogP contribution in [0.2, 0.25) is 0 Å². The van der Waals surface area contributed by atoms with Gasteiger partial charge in [0.15, 0.2) is 0 Å². The van der Waals surface area contributed by atoms with Crippen molar-refractivity contribution in [2.24, 2.45) is 5.92 Å². The normalized spacial score (nSPS) is 28.4. The molecule has 1 aliphatic rings. The Labute approximate surface area is 111 Å². The molecule has 2 atom stereocenters. The predicted molar refractivity (Wildman–Crippen MR) is 73.6 cm³/mol. The third-order valence-electron chi connectivity index (χ3n) is 4.07. The number of carbonyl (C=O) groups is 1. The molecule has 1 aliphatic carbocycles. The smallest absolute Gasteiger partial charge is 0.246 e. The van der Waals surface area contributed by atoms with Gasteiger partial charge in [0.1, 0.15) is 6.61 Å². The highest BCUT2D eigenvalue weighted by Crippen LogP contribution is 2.35. The van der Waals surface area contributed by atoms with Crippen LogP contribution in [0.25, 0.3) is 0 Å². The molecule has 4 nitrogen and oxygen atoms in total. The molecule has 2 unspecified atom stereocenters. The lowest BCUT2D eigenvalue weighted by molar-refractivity contribution is -0.126. The van der Waals surface area contributed by atoms with E-state index in [1.54, 1.807) is 0 Å². The molecule has 0 aromatic heterocycles. The second kappa shape index (κ2) is 7.10. The molecule has 1 amide bonds. The van der Waals surface area contributed by atoms with Crippen LogP contribution < -0.4 is 5.32 Å². The standard InChI is InChI=1S/C14H28N2O2/c1-5-18-10-13(17)15-11-14(16(3)4)8-6-7-12(2)9-14/h12H,5-11H2,1-4H3,(H,15,17). The van der Waals surface area contributed by atoms with Crippen molar-refractivity contribution in [3.8, 4) is 0 Å². The first kappa shape index (κ1) is 15.4. The molecule has 18 heavy (non-hydrogen) atoms. The Morgan fingerprint density at radius 3 is 2.78 bits per heavy atom. The van der Waals surface area contributed by atoms with Gasteiger partial charge in [0.05, 0.1) is 0 Å². The van der Waals surface area contributed by atoms with E-state index in [2.05, 4.69) is 31.2 Å². The number of likely N-dealkylation sites (N-methyl/N-ethyl adjacent to an activating group) is 1. The summed E-state index contributed by atoms with van der Waals surface area (Å²) < 4.78 is 5.12. The molecule has 4 heteroatoms. The molecule has 1 rings (SSSR count). The lowest BCUT2D eigenvalue weighted by Gasteiger charge is -2.45. The van der Waals surface area contributed by atoms with E-state index in [-0.39, 0.29) is 18.1 Å². The predicted octanol–water partition coefficient (Wildman–Crippen LogP) is 1.65. The highest BCUT2D eigenvalue weighted by molar-refractivity contribution is 5.77. The fourth-order valence-electron chi connectivity index (χ4n) is 2.87. The van der Waals surface area contributed by atoms with Crippen molar-refractivity contribution in [1.82, 2.24) is 10.2 Å². The van der Waals surface area contributed by atoms with Gasteiger partial charge in [-0.25, -0.2) is 0 Å². The van der Waals surface area contributed by atoms with Gasteiger partial charge >= 0.3 is 0 Å². The number of hydrogen-bond acceptors (Lipinski definition) is 3. The summed E-state index contributed by atoms with van der Waals surface area (Å²) in [6.07, 6.45) is 4.89. The quantitative estimate of drug-likeness (QED) is 0.785. The Hall–Kier alpha value is -0.610. The number of nitrogens with zero attached hydrogens (tertiary/aromatic N) is 1. The first-order valence-corrected chi connectivity index (χ1v) is 7.02. The van der Waals surface area contributed by atoms with E-state index in [4.69, 9.17) is 4.74 Å². The molecule has 1 saturated carbocycles. The van der Waals surface area contributed by atoms with Crippen molar-refractivity contribution in [3.63, 3.8) is 0 Å². The van der Waals surface area contributed by atoms with Gasteiger partial charge in [-0.2, -0.15) is 0 Å². The summed E-state index contributed by atoms with van der Waals surface area (Å²) in [7, 11) is 4.24. The van der Waals surface area contributed by atoms with Gasteiger partial charge in [0.25, 0.3) is 0 Å².